The summed E-state index contributed by atoms with van der Waals surface area (Å²) >= 11 is 0. The molecule has 1 N–H and O–H groups in total. The molecule has 0 heterocycles. The second-order valence-corrected chi connectivity index (χ2v) is 6.31. The molecule has 0 aromatic heterocycles. The van der Waals surface area contributed by atoms with Crippen molar-refractivity contribution in [2.75, 3.05) is 18.5 Å². The molecule has 5 nitrogen and oxygen atoms in total. The largest absolute Gasteiger partial charge is 0.492 e. The number of hydrogen-bond acceptors (Lipinski definition) is 4. The zero-order chi connectivity index (χ0) is 18.7. The zero-order valence-corrected chi connectivity index (χ0v) is 15.9. The van der Waals surface area contributed by atoms with Crippen LogP contribution in [0.2, 0.25) is 0 Å². The van der Waals surface area contributed by atoms with Gasteiger partial charge in [0.1, 0.15) is 17.4 Å². The summed E-state index contributed by atoms with van der Waals surface area (Å²) in [7, 11) is 0. The number of ether oxygens (including phenoxy) is 2. The maximum atomic E-state index is 12.8. The summed E-state index contributed by atoms with van der Waals surface area (Å²) in [5, 5.41) is 12.2. The van der Waals surface area contributed by atoms with Crippen LogP contribution in [0.15, 0.2) is 18.2 Å². The van der Waals surface area contributed by atoms with Gasteiger partial charge in [0.2, 0.25) is 0 Å². The minimum Gasteiger partial charge on any atom is -0.492 e. The van der Waals surface area contributed by atoms with Gasteiger partial charge in [0.05, 0.1) is 12.2 Å². The van der Waals surface area contributed by atoms with Crippen molar-refractivity contribution in [3.8, 4) is 11.8 Å². The van der Waals surface area contributed by atoms with Gasteiger partial charge in [-0.3, -0.25) is 4.79 Å². The van der Waals surface area contributed by atoms with Crippen LogP contribution < -0.4 is 10.1 Å². The number of rotatable bonds is 11. The first-order valence-corrected chi connectivity index (χ1v) is 9.13. The maximum Gasteiger partial charge on any atom is 0.256 e. The molecule has 1 rings (SSSR count). The highest BCUT2D eigenvalue weighted by molar-refractivity contribution is 5.97. The molecule has 1 aromatic carbocycles. The quantitative estimate of drug-likeness (QED) is 0.632. The second-order valence-electron chi connectivity index (χ2n) is 6.31. The van der Waals surface area contributed by atoms with Crippen molar-refractivity contribution in [2.45, 2.75) is 65.4 Å². The Morgan fingerprint density at radius 3 is 2.52 bits per heavy atom. The molecular formula is C20H30N2O3. The van der Waals surface area contributed by atoms with Crippen molar-refractivity contribution in [3.05, 3.63) is 23.8 Å². The number of nitriles is 1. The Bertz CT molecular complexity index is 585. The third kappa shape index (κ3) is 6.39. The number of benzene rings is 1. The standard InChI is InChI=1S/C20H30N2O3/c1-5-8-11-20(4,25-13-7-3)19(23)22-17-9-10-18(24-12-6-2)16(14-17)15-21/h9-10,14H,5-8,11-13H2,1-4H3,(H,22,23)/t20-/m0/s1. The number of carbonyl (C=O) groups excluding carboxylic acids is 1. The van der Waals surface area contributed by atoms with Crippen molar-refractivity contribution < 1.29 is 14.3 Å². The summed E-state index contributed by atoms with van der Waals surface area (Å²) in [6.45, 7) is 9.05. The molecule has 1 amide bonds. The second kappa shape index (κ2) is 10.7. The van der Waals surface area contributed by atoms with E-state index >= 15 is 0 Å². The minimum atomic E-state index is -0.865. The Kier molecular flexibility index (Phi) is 9.01. The van der Waals surface area contributed by atoms with Gasteiger partial charge in [0.15, 0.2) is 0 Å². The van der Waals surface area contributed by atoms with E-state index in [1.165, 1.54) is 0 Å². The molecule has 1 atom stereocenters. The predicted molar refractivity (Wildman–Crippen MR) is 99.7 cm³/mol. The van der Waals surface area contributed by atoms with Crippen molar-refractivity contribution in [3.63, 3.8) is 0 Å². The number of nitrogens with zero attached hydrogens (tertiary/aromatic N) is 1. The summed E-state index contributed by atoms with van der Waals surface area (Å²) < 4.78 is 11.4. The molecule has 0 fully saturated rings. The van der Waals surface area contributed by atoms with Crippen LogP contribution in [-0.2, 0) is 9.53 Å². The van der Waals surface area contributed by atoms with Gasteiger partial charge in [-0.15, -0.1) is 0 Å². The Morgan fingerprint density at radius 1 is 1.20 bits per heavy atom. The van der Waals surface area contributed by atoms with Crippen LogP contribution in [0.25, 0.3) is 0 Å². The molecule has 0 radical (unpaired) electrons. The summed E-state index contributed by atoms with van der Waals surface area (Å²) in [6, 6.07) is 7.24. The van der Waals surface area contributed by atoms with E-state index in [4.69, 9.17) is 9.47 Å². The van der Waals surface area contributed by atoms with E-state index in [1.807, 2.05) is 20.8 Å². The van der Waals surface area contributed by atoms with Gasteiger partial charge in [-0.2, -0.15) is 5.26 Å². The van der Waals surface area contributed by atoms with Crippen molar-refractivity contribution >= 4 is 11.6 Å². The van der Waals surface area contributed by atoms with Gasteiger partial charge in [-0.25, -0.2) is 0 Å². The molecule has 0 unspecified atom stereocenters. The molecule has 0 aliphatic carbocycles. The van der Waals surface area contributed by atoms with E-state index in [0.29, 0.717) is 36.6 Å². The number of nitrogens with one attached hydrogen (secondary N) is 1. The fourth-order valence-electron chi connectivity index (χ4n) is 2.39. The van der Waals surface area contributed by atoms with Gasteiger partial charge in [-0.05, 0) is 44.4 Å². The highest BCUT2D eigenvalue weighted by Crippen LogP contribution is 2.25. The van der Waals surface area contributed by atoms with Crippen LogP contribution in [0.3, 0.4) is 0 Å². The lowest BCUT2D eigenvalue weighted by Gasteiger charge is -2.28. The van der Waals surface area contributed by atoms with E-state index in [1.54, 1.807) is 18.2 Å². The third-order valence-electron chi connectivity index (χ3n) is 3.93. The SMILES string of the molecule is CCCC[C@](C)(OCCC)C(=O)Nc1ccc(OCCC)c(C#N)c1. The molecule has 0 spiro atoms. The van der Waals surface area contributed by atoms with E-state index in [9.17, 15) is 10.1 Å². The zero-order valence-electron chi connectivity index (χ0n) is 15.9. The van der Waals surface area contributed by atoms with Gasteiger partial charge in [0, 0.05) is 12.3 Å². The molecule has 0 aliphatic rings. The van der Waals surface area contributed by atoms with Crippen molar-refractivity contribution in [2.24, 2.45) is 0 Å². The van der Waals surface area contributed by atoms with Crippen LogP contribution in [0.5, 0.6) is 5.75 Å². The van der Waals surface area contributed by atoms with Gasteiger partial charge >= 0.3 is 0 Å². The molecule has 138 valence electrons. The Morgan fingerprint density at radius 2 is 1.92 bits per heavy atom. The topological polar surface area (TPSA) is 71.3 Å². The number of carbonyl (C=O) groups is 1. The first-order chi connectivity index (χ1) is 12.0. The normalized spacial score (nSPS) is 12.9. The van der Waals surface area contributed by atoms with Crippen LogP contribution in [0.1, 0.15) is 65.4 Å². The molecule has 25 heavy (non-hydrogen) atoms. The highest BCUT2D eigenvalue weighted by atomic mass is 16.5. The van der Waals surface area contributed by atoms with Gasteiger partial charge in [-0.1, -0.05) is 33.6 Å². The van der Waals surface area contributed by atoms with E-state index in [-0.39, 0.29) is 5.91 Å². The smallest absolute Gasteiger partial charge is 0.256 e. The predicted octanol–water partition coefficient (Wildman–Crippen LogP) is 4.66. The van der Waals surface area contributed by atoms with Crippen LogP contribution in [0.4, 0.5) is 5.69 Å². The Labute approximate surface area is 151 Å². The summed E-state index contributed by atoms with van der Waals surface area (Å²) in [5.74, 6) is 0.360. The van der Waals surface area contributed by atoms with Crippen LogP contribution in [0, 0.1) is 11.3 Å². The van der Waals surface area contributed by atoms with Gasteiger partial charge in [0.25, 0.3) is 5.91 Å². The summed E-state index contributed by atoms with van der Waals surface area (Å²) in [4.78, 5) is 12.8. The third-order valence-corrected chi connectivity index (χ3v) is 3.93. The fraction of sp³-hybridized carbons (Fsp3) is 0.600. The molecule has 0 saturated heterocycles. The lowest BCUT2D eigenvalue weighted by atomic mass is 9.97. The van der Waals surface area contributed by atoms with E-state index in [2.05, 4.69) is 18.3 Å². The Balaban J connectivity index is 2.90. The highest BCUT2D eigenvalue weighted by Gasteiger charge is 2.33. The molecule has 1 aromatic rings. The van der Waals surface area contributed by atoms with Crippen molar-refractivity contribution in [1.82, 2.24) is 0 Å². The lowest BCUT2D eigenvalue weighted by Crippen LogP contribution is -2.43. The first kappa shape index (κ1) is 21.0. The van der Waals surface area contributed by atoms with Crippen molar-refractivity contribution in [1.29, 1.82) is 5.26 Å². The van der Waals surface area contributed by atoms with Crippen LogP contribution in [-0.4, -0.2) is 24.7 Å². The molecule has 0 bridgehead atoms. The molecule has 0 aliphatic heterocycles. The molecule has 0 saturated carbocycles. The minimum absolute atomic E-state index is 0.180. The fourth-order valence-corrected chi connectivity index (χ4v) is 2.39. The first-order valence-electron chi connectivity index (χ1n) is 9.13. The molecular weight excluding hydrogens is 316 g/mol. The maximum absolute atomic E-state index is 12.8. The number of hydrogen-bond donors (Lipinski definition) is 1. The van der Waals surface area contributed by atoms with E-state index in [0.717, 1.165) is 25.7 Å². The number of unbranched alkanes of at least 4 members (excludes halogenated alkanes) is 1. The van der Waals surface area contributed by atoms with E-state index < -0.39 is 5.60 Å². The number of amides is 1. The average molecular weight is 346 g/mol. The summed E-state index contributed by atoms with van der Waals surface area (Å²) in [6.07, 6.45) is 4.31. The Hall–Kier alpha value is -2.06. The van der Waals surface area contributed by atoms with Gasteiger partial charge < -0.3 is 14.8 Å². The molecule has 5 heteroatoms. The monoisotopic (exact) mass is 346 g/mol. The number of anilines is 1. The average Bonchev–Trinajstić information content (AvgIpc) is 2.63. The van der Waals surface area contributed by atoms with Crippen LogP contribution >= 0.6 is 0 Å². The summed E-state index contributed by atoms with van der Waals surface area (Å²) in [5.41, 5.74) is 0.125. The lowest BCUT2D eigenvalue weighted by molar-refractivity contribution is -0.140.